The SMILES string of the molecule is C[B]ON1CCC(c2nccnc2CP)CC1. The van der Waals surface area contributed by atoms with Gasteiger partial charge in [0.25, 0.3) is 0 Å². The molecule has 2 rings (SSSR count). The Balaban J connectivity index is 2.00. The molecule has 6 heteroatoms. The molecule has 2 heterocycles. The lowest BCUT2D eigenvalue weighted by Crippen LogP contribution is -2.34. The van der Waals surface area contributed by atoms with Crippen LogP contribution in [-0.4, -0.2) is 35.6 Å². The fourth-order valence-corrected chi connectivity index (χ4v) is 2.57. The lowest BCUT2D eigenvalue weighted by atomic mass is 9.93. The summed E-state index contributed by atoms with van der Waals surface area (Å²) in [5.41, 5.74) is 2.28. The summed E-state index contributed by atoms with van der Waals surface area (Å²) < 4.78 is 5.39. The summed E-state index contributed by atoms with van der Waals surface area (Å²) >= 11 is 0. The van der Waals surface area contributed by atoms with Crippen LogP contribution in [0.3, 0.4) is 0 Å². The molecule has 4 nitrogen and oxygen atoms in total. The number of hydrogen-bond acceptors (Lipinski definition) is 4. The summed E-state index contributed by atoms with van der Waals surface area (Å²) in [6, 6.07) is 0. The van der Waals surface area contributed by atoms with E-state index in [1.807, 2.05) is 11.9 Å². The Hall–Kier alpha value is -0.505. The van der Waals surface area contributed by atoms with E-state index in [0.717, 1.165) is 37.8 Å². The predicted molar refractivity (Wildman–Crippen MR) is 71.7 cm³/mol. The molecule has 0 spiro atoms. The Bertz CT molecular complexity index is 358. The maximum Gasteiger partial charge on any atom is 0.321 e. The van der Waals surface area contributed by atoms with Crippen LogP contribution in [0.4, 0.5) is 0 Å². The molecule has 0 aliphatic carbocycles. The average Bonchev–Trinajstić information content (AvgIpc) is 2.40. The van der Waals surface area contributed by atoms with Crippen LogP contribution in [0.15, 0.2) is 12.4 Å². The van der Waals surface area contributed by atoms with Crippen molar-refractivity contribution in [2.24, 2.45) is 0 Å². The number of aromatic nitrogens is 2. The highest BCUT2D eigenvalue weighted by atomic mass is 31.0. The van der Waals surface area contributed by atoms with E-state index in [1.165, 1.54) is 5.69 Å². The second-order valence-corrected chi connectivity index (χ2v) is 4.55. The summed E-state index contributed by atoms with van der Waals surface area (Å²) in [6.07, 6.45) is 6.62. The maximum absolute atomic E-state index is 5.39. The molecule has 1 saturated heterocycles. The largest absolute Gasteiger partial charge is 0.367 e. The Labute approximate surface area is 106 Å². The van der Waals surface area contributed by atoms with Crippen molar-refractivity contribution in [1.29, 1.82) is 0 Å². The van der Waals surface area contributed by atoms with Crippen molar-refractivity contribution in [1.82, 2.24) is 15.0 Å². The highest BCUT2D eigenvalue weighted by Crippen LogP contribution is 2.28. The van der Waals surface area contributed by atoms with E-state index in [1.54, 1.807) is 19.9 Å². The Morgan fingerprint density at radius 1 is 1.41 bits per heavy atom. The first-order chi connectivity index (χ1) is 8.35. The second-order valence-electron chi connectivity index (χ2n) is 4.14. The standard InChI is InChI=1S/C11H18BN3OP/c1-12-16-15-6-2-9(3-7-15)11-10(8-17)13-4-5-14-11/h4-5,9H,2-3,6-8,17H2,1H3. The third kappa shape index (κ3) is 3.24. The molecule has 1 unspecified atom stereocenters. The lowest BCUT2D eigenvalue weighted by molar-refractivity contribution is -0.0740. The zero-order valence-electron chi connectivity index (χ0n) is 10.2. The predicted octanol–water partition coefficient (Wildman–Crippen LogP) is 1.63. The molecule has 0 bridgehead atoms. The third-order valence-corrected chi connectivity index (χ3v) is 3.48. The molecule has 0 amide bonds. The van der Waals surface area contributed by atoms with Crippen molar-refractivity contribution in [2.75, 3.05) is 13.1 Å². The monoisotopic (exact) mass is 250 g/mol. The first-order valence-corrected chi connectivity index (χ1v) is 6.86. The van der Waals surface area contributed by atoms with Crippen molar-refractivity contribution in [3.63, 3.8) is 0 Å². The first-order valence-electron chi connectivity index (χ1n) is 6.04. The van der Waals surface area contributed by atoms with E-state index in [2.05, 4.69) is 19.2 Å². The zero-order valence-corrected chi connectivity index (χ0v) is 11.3. The lowest BCUT2D eigenvalue weighted by Gasteiger charge is -2.31. The molecule has 1 atom stereocenters. The Morgan fingerprint density at radius 2 is 2.12 bits per heavy atom. The minimum Gasteiger partial charge on any atom is -0.367 e. The second kappa shape index (κ2) is 6.43. The summed E-state index contributed by atoms with van der Waals surface area (Å²) in [6.45, 7) is 3.82. The first kappa shape index (κ1) is 12.9. The number of rotatable bonds is 4. The van der Waals surface area contributed by atoms with E-state index >= 15 is 0 Å². The van der Waals surface area contributed by atoms with Crippen LogP contribution in [0.1, 0.15) is 30.1 Å². The normalized spacial score (nSPS) is 18.2. The van der Waals surface area contributed by atoms with Crippen molar-refractivity contribution >= 4 is 16.7 Å². The minimum atomic E-state index is 0.524. The maximum atomic E-state index is 5.39. The van der Waals surface area contributed by atoms with Gasteiger partial charge in [-0.15, -0.1) is 9.24 Å². The molecule has 91 valence electrons. The van der Waals surface area contributed by atoms with Gasteiger partial charge in [-0.05, 0) is 12.8 Å². The molecule has 1 fully saturated rings. The van der Waals surface area contributed by atoms with Gasteiger partial charge in [0.2, 0.25) is 0 Å². The number of hydrogen-bond donors (Lipinski definition) is 0. The van der Waals surface area contributed by atoms with Gasteiger partial charge in [0.1, 0.15) is 0 Å². The zero-order chi connectivity index (χ0) is 12.1. The van der Waals surface area contributed by atoms with Crippen LogP contribution in [0.25, 0.3) is 0 Å². The molecule has 1 aromatic rings. The van der Waals surface area contributed by atoms with Crippen molar-refractivity contribution in [3.05, 3.63) is 23.8 Å². The van der Waals surface area contributed by atoms with Gasteiger partial charge in [0.05, 0.1) is 11.4 Å². The van der Waals surface area contributed by atoms with Crippen molar-refractivity contribution in [3.8, 4) is 0 Å². The molecule has 1 aliphatic rings. The van der Waals surface area contributed by atoms with Crippen molar-refractivity contribution < 1.29 is 4.76 Å². The number of nitrogens with zero attached hydrogens (tertiary/aromatic N) is 3. The van der Waals surface area contributed by atoms with Crippen LogP contribution < -0.4 is 0 Å². The molecule has 1 aromatic heterocycles. The van der Waals surface area contributed by atoms with Crippen LogP contribution in [-0.2, 0) is 10.9 Å². The number of hydroxylamine groups is 2. The molecule has 17 heavy (non-hydrogen) atoms. The van der Waals surface area contributed by atoms with Gasteiger partial charge in [0.15, 0.2) is 0 Å². The molecule has 0 N–H and O–H groups in total. The van der Waals surface area contributed by atoms with Crippen molar-refractivity contribution in [2.45, 2.75) is 31.7 Å². The fourth-order valence-electron chi connectivity index (χ4n) is 2.26. The number of piperidine rings is 1. The Kier molecular flexibility index (Phi) is 4.90. The van der Waals surface area contributed by atoms with Crippen LogP contribution >= 0.6 is 9.24 Å². The van der Waals surface area contributed by atoms with Gasteiger partial charge < -0.3 is 4.76 Å². The Morgan fingerprint density at radius 3 is 2.76 bits per heavy atom. The topological polar surface area (TPSA) is 38.2 Å². The molecular weight excluding hydrogens is 232 g/mol. The van der Waals surface area contributed by atoms with Gasteiger partial charge in [0, 0.05) is 37.6 Å². The van der Waals surface area contributed by atoms with E-state index in [-0.39, 0.29) is 0 Å². The quantitative estimate of drug-likeness (QED) is 0.601. The van der Waals surface area contributed by atoms with E-state index in [4.69, 9.17) is 4.76 Å². The smallest absolute Gasteiger partial charge is 0.321 e. The van der Waals surface area contributed by atoms with Gasteiger partial charge in [-0.3, -0.25) is 9.97 Å². The van der Waals surface area contributed by atoms with E-state index in [9.17, 15) is 0 Å². The minimum absolute atomic E-state index is 0.524. The molecular formula is C11H18BN3OP. The molecule has 1 radical (unpaired) electrons. The fraction of sp³-hybridized carbons (Fsp3) is 0.636. The van der Waals surface area contributed by atoms with Crippen LogP contribution in [0.2, 0.25) is 6.82 Å². The summed E-state index contributed by atoms with van der Waals surface area (Å²) in [5.74, 6) is 0.524. The molecule has 0 aromatic carbocycles. The molecule has 1 aliphatic heterocycles. The van der Waals surface area contributed by atoms with E-state index < -0.39 is 0 Å². The molecule has 0 saturated carbocycles. The highest BCUT2D eigenvalue weighted by Gasteiger charge is 2.23. The van der Waals surface area contributed by atoms with Gasteiger partial charge in [-0.25, -0.2) is 5.06 Å². The summed E-state index contributed by atoms with van der Waals surface area (Å²) in [5, 5.41) is 2.01. The van der Waals surface area contributed by atoms with Crippen LogP contribution in [0, 0.1) is 0 Å². The highest BCUT2D eigenvalue weighted by molar-refractivity contribution is 7.15. The van der Waals surface area contributed by atoms with Gasteiger partial charge in [-0.1, -0.05) is 6.82 Å². The third-order valence-electron chi connectivity index (χ3n) is 3.09. The average molecular weight is 250 g/mol. The summed E-state index contributed by atoms with van der Waals surface area (Å²) in [4.78, 5) is 8.89. The van der Waals surface area contributed by atoms with Gasteiger partial charge in [-0.2, -0.15) is 0 Å². The van der Waals surface area contributed by atoms with Crippen LogP contribution in [0.5, 0.6) is 0 Å². The van der Waals surface area contributed by atoms with E-state index in [0.29, 0.717) is 5.92 Å². The summed E-state index contributed by atoms with van der Waals surface area (Å²) in [7, 11) is 4.46. The van der Waals surface area contributed by atoms with Gasteiger partial charge >= 0.3 is 7.48 Å².